The van der Waals surface area contributed by atoms with Gasteiger partial charge >= 0.3 is 16.5 Å². The van der Waals surface area contributed by atoms with Crippen molar-refractivity contribution in [2.45, 2.75) is 0 Å². The molecular formula is C32H12F10N4Ni+2. The summed E-state index contributed by atoms with van der Waals surface area (Å²) in [6.07, 6.45) is 5.20. The summed E-state index contributed by atoms with van der Waals surface area (Å²) in [6.45, 7) is 0. The van der Waals surface area contributed by atoms with Crippen LogP contribution in [0, 0.1) is 58.2 Å². The molecule has 15 heteroatoms. The van der Waals surface area contributed by atoms with Gasteiger partial charge in [-0.25, -0.2) is 53.9 Å². The fourth-order valence-electron chi connectivity index (χ4n) is 5.25. The fraction of sp³-hybridized carbons (Fsp3) is 0. The van der Waals surface area contributed by atoms with Crippen molar-refractivity contribution in [3.05, 3.63) is 117 Å². The third kappa shape index (κ3) is 5.01. The summed E-state index contributed by atoms with van der Waals surface area (Å²) in [4.78, 5) is 14.2. The summed E-state index contributed by atoms with van der Waals surface area (Å²) in [7, 11) is 0. The molecule has 0 fully saturated rings. The van der Waals surface area contributed by atoms with E-state index in [0.717, 1.165) is 0 Å². The van der Waals surface area contributed by atoms with E-state index in [2.05, 4.69) is 19.9 Å². The second kappa shape index (κ2) is 11.6. The Morgan fingerprint density at radius 1 is 0.383 bits per heavy atom. The van der Waals surface area contributed by atoms with E-state index < -0.39 is 80.4 Å². The third-order valence-corrected chi connectivity index (χ3v) is 7.32. The van der Waals surface area contributed by atoms with Crippen molar-refractivity contribution in [1.82, 2.24) is 19.9 Å². The maximum absolute atomic E-state index is 15.1. The maximum Gasteiger partial charge on any atom is 2.00 e. The van der Waals surface area contributed by atoms with Crippen LogP contribution < -0.4 is 0 Å². The zero-order chi connectivity index (χ0) is 32.6. The van der Waals surface area contributed by atoms with Crippen LogP contribution in [0.4, 0.5) is 43.9 Å². The van der Waals surface area contributed by atoms with Gasteiger partial charge in [0, 0.05) is 33.2 Å². The Balaban J connectivity index is 0.00000386. The van der Waals surface area contributed by atoms with Crippen LogP contribution in [-0.2, 0) is 16.5 Å². The quantitative estimate of drug-likeness (QED) is 0.0818. The van der Waals surface area contributed by atoms with Gasteiger partial charge in [-0.15, -0.1) is 0 Å². The van der Waals surface area contributed by atoms with Crippen molar-refractivity contribution in [2.24, 2.45) is 0 Å². The molecule has 2 N–H and O–H groups in total. The van der Waals surface area contributed by atoms with E-state index in [1.165, 1.54) is 60.7 Å². The second-order valence-corrected chi connectivity index (χ2v) is 10.1. The number of fused-ring (bicyclic) bond motifs is 8. The molecular weight excluding hydrogens is 689 g/mol. The Hall–Kier alpha value is -5.17. The number of rotatable bonds is 2. The number of aromatic amines is 2. The molecule has 2 aliphatic rings. The molecule has 2 aliphatic heterocycles. The summed E-state index contributed by atoms with van der Waals surface area (Å²) in [5, 5.41) is 0. The van der Waals surface area contributed by atoms with Crippen LogP contribution in [0.3, 0.4) is 0 Å². The second-order valence-electron chi connectivity index (χ2n) is 10.1. The summed E-state index contributed by atoms with van der Waals surface area (Å²) >= 11 is 0. The first-order chi connectivity index (χ1) is 21.9. The van der Waals surface area contributed by atoms with Crippen molar-refractivity contribution < 1.29 is 60.4 Å². The van der Waals surface area contributed by atoms with E-state index in [0.29, 0.717) is 0 Å². The van der Waals surface area contributed by atoms with E-state index in [4.69, 9.17) is 0 Å². The summed E-state index contributed by atoms with van der Waals surface area (Å²) in [5.74, 6) is -21.6. The minimum atomic E-state index is -2.34. The minimum absolute atomic E-state index is 0. The summed E-state index contributed by atoms with van der Waals surface area (Å²) in [6, 6.07) is 8.10. The van der Waals surface area contributed by atoms with Crippen molar-refractivity contribution >= 4 is 46.4 Å². The van der Waals surface area contributed by atoms with Gasteiger partial charge in [0.25, 0.3) is 0 Å². The van der Waals surface area contributed by atoms with Gasteiger partial charge in [0.15, 0.2) is 46.5 Å². The molecule has 238 valence electrons. The van der Waals surface area contributed by atoms with E-state index >= 15 is 17.6 Å². The van der Waals surface area contributed by atoms with Crippen LogP contribution in [-0.4, -0.2) is 19.9 Å². The molecule has 47 heavy (non-hydrogen) atoms. The number of aromatic nitrogens is 4. The van der Waals surface area contributed by atoms with Crippen LogP contribution >= 0.6 is 0 Å². The van der Waals surface area contributed by atoms with Gasteiger partial charge in [0.2, 0.25) is 11.6 Å². The number of H-pyrrole nitrogens is 2. The first-order valence-corrected chi connectivity index (χ1v) is 13.1. The molecule has 5 heterocycles. The maximum atomic E-state index is 15.1. The van der Waals surface area contributed by atoms with Crippen LogP contribution in [0.1, 0.15) is 22.8 Å². The molecule has 0 unspecified atom stereocenters. The topological polar surface area (TPSA) is 57.4 Å². The predicted octanol–water partition coefficient (Wildman–Crippen LogP) is 9.38. The molecule has 4 nitrogen and oxygen atoms in total. The molecule has 3 aromatic heterocycles. The zero-order valence-electron chi connectivity index (χ0n) is 22.8. The molecule has 0 radical (unpaired) electrons. The van der Waals surface area contributed by atoms with Gasteiger partial charge < -0.3 is 9.97 Å². The molecule has 0 amide bonds. The smallest absolute Gasteiger partial charge is 0.355 e. The van der Waals surface area contributed by atoms with Gasteiger partial charge in [-0.2, -0.15) is 0 Å². The van der Waals surface area contributed by atoms with Gasteiger partial charge in [-0.3, -0.25) is 0 Å². The van der Waals surface area contributed by atoms with E-state index in [9.17, 15) is 26.3 Å². The monoisotopic (exact) mass is 700 g/mol. The molecule has 8 bridgehead atoms. The van der Waals surface area contributed by atoms with E-state index in [1.54, 1.807) is 0 Å². The Bertz CT molecular complexity index is 2240. The zero-order valence-corrected chi connectivity index (χ0v) is 23.8. The Morgan fingerprint density at radius 2 is 0.723 bits per heavy atom. The molecule has 0 saturated heterocycles. The first-order valence-electron chi connectivity index (χ1n) is 13.1. The van der Waals surface area contributed by atoms with Gasteiger partial charge in [0.1, 0.15) is 0 Å². The van der Waals surface area contributed by atoms with Crippen molar-refractivity contribution in [3.63, 3.8) is 0 Å². The Kier molecular flexibility index (Phi) is 7.83. The number of hydrogen-bond acceptors (Lipinski definition) is 2. The largest absolute Gasteiger partial charge is 2.00 e. The SMILES string of the molecule is Fc1c(F)c(F)c(-c2c3nc(cc4ccc([nH]4)c(-c4c(F)c(F)c(F)c(F)c4F)c4ccc(cc5nc2C=C5)[nH]4)C=C3)c(F)c1F.[Ni+2]. The predicted molar refractivity (Wildman–Crippen MR) is 149 cm³/mol. The fourth-order valence-corrected chi connectivity index (χ4v) is 5.25. The minimum Gasteiger partial charge on any atom is -0.355 e. The molecule has 7 rings (SSSR count). The molecule has 0 spiro atoms. The average molecular weight is 701 g/mol. The molecule has 0 atom stereocenters. The van der Waals surface area contributed by atoms with Crippen LogP contribution in [0.25, 0.3) is 68.6 Å². The number of nitrogens with zero attached hydrogens (tertiary/aromatic N) is 2. The number of hydrogen-bond donors (Lipinski definition) is 2. The summed E-state index contributed by atoms with van der Waals surface area (Å²) in [5.41, 5.74) is -3.38. The standard InChI is InChI=1S/C32H12F10N4.Ni/c33-23-21(24(34)28(38)31(41)27(23)37)19-15-5-1-11(43-15)9-12-2-6-17(44-12)20(22-25(35)29(39)32(42)30(40)26(22)36)18-8-4-14(46-18)10-13-3-7-16(19)45-13;/h1-10,43,45H;/q;+2. The van der Waals surface area contributed by atoms with Gasteiger partial charge in [-0.05, 0) is 60.7 Å². The Morgan fingerprint density at radius 3 is 1.11 bits per heavy atom. The van der Waals surface area contributed by atoms with Gasteiger partial charge in [0.05, 0.1) is 33.9 Å². The van der Waals surface area contributed by atoms with Crippen molar-refractivity contribution in [1.29, 1.82) is 0 Å². The number of nitrogens with one attached hydrogen (secondary N) is 2. The molecule has 2 aromatic carbocycles. The van der Waals surface area contributed by atoms with Crippen LogP contribution in [0.2, 0.25) is 0 Å². The number of halogens is 10. The normalized spacial score (nSPS) is 12.1. The summed E-state index contributed by atoms with van der Waals surface area (Å²) < 4.78 is 145. The van der Waals surface area contributed by atoms with Gasteiger partial charge in [-0.1, -0.05) is 0 Å². The van der Waals surface area contributed by atoms with Crippen molar-refractivity contribution in [2.75, 3.05) is 0 Å². The molecule has 0 aliphatic carbocycles. The Labute approximate surface area is 266 Å². The van der Waals surface area contributed by atoms with E-state index in [-0.39, 0.29) is 61.3 Å². The van der Waals surface area contributed by atoms with E-state index in [1.807, 2.05) is 0 Å². The average Bonchev–Trinajstić information content (AvgIpc) is 3.87. The van der Waals surface area contributed by atoms with Crippen LogP contribution in [0.5, 0.6) is 0 Å². The third-order valence-electron chi connectivity index (χ3n) is 7.32. The molecule has 5 aromatic rings. The first kappa shape index (κ1) is 31.8. The van der Waals surface area contributed by atoms with Crippen molar-refractivity contribution in [3.8, 4) is 22.3 Å². The van der Waals surface area contributed by atoms with Crippen LogP contribution in [0.15, 0.2) is 36.4 Å². The number of benzene rings is 2. The molecule has 0 saturated carbocycles.